The minimum atomic E-state index is -0.555. The maximum Gasteiger partial charge on any atom is 0.407 e. The molecule has 6 nitrogen and oxygen atoms in total. The molecule has 0 aliphatic rings. The van der Waals surface area contributed by atoms with Crippen molar-refractivity contribution in [3.63, 3.8) is 0 Å². The average Bonchev–Trinajstić information content (AvgIpc) is 2.67. The van der Waals surface area contributed by atoms with E-state index in [1.54, 1.807) is 4.68 Å². The monoisotopic (exact) mass is 345 g/mol. The number of hydrogen-bond acceptors (Lipinski definition) is 4. The average molecular weight is 346 g/mol. The van der Waals surface area contributed by atoms with Gasteiger partial charge < -0.3 is 15.2 Å². The maximum atomic E-state index is 11.9. The summed E-state index contributed by atoms with van der Waals surface area (Å²) in [5, 5.41) is 17.6. The first-order valence-electron chi connectivity index (χ1n) is 7.79. The highest BCUT2D eigenvalue weighted by Gasteiger charge is 2.32. The molecule has 1 unspecified atom stereocenters. The molecule has 0 bridgehead atoms. The summed E-state index contributed by atoms with van der Waals surface area (Å²) in [6.07, 6.45) is 0.710. The topological polar surface area (TPSA) is 76.4 Å². The second kappa shape index (κ2) is 7.53. The van der Waals surface area contributed by atoms with Gasteiger partial charge >= 0.3 is 6.09 Å². The van der Waals surface area contributed by atoms with Gasteiger partial charge in [-0.2, -0.15) is 5.10 Å². The summed E-state index contributed by atoms with van der Waals surface area (Å²) in [7, 11) is 1.83. The Hall–Kier alpha value is -1.27. The third-order valence-corrected chi connectivity index (χ3v) is 4.39. The highest BCUT2D eigenvalue weighted by Crippen LogP contribution is 2.30. The quantitative estimate of drug-likeness (QED) is 0.831. The molecule has 0 aliphatic heterocycles. The molecule has 23 heavy (non-hydrogen) atoms. The van der Waals surface area contributed by atoms with Crippen LogP contribution in [0.5, 0.6) is 0 Å². The van der Waals surface area contributed by atoms with Crippen molar-refractivity contribution < 1.29 is 14.6 Å². The van der Waals surface area contributed by atoms with E-state index in [-0.39, 0.29) is 6.61 Å². The van der Waals surface area contributed by atoms with Gasteiger partial charge in [-0.25, -0.2) is 4.79 Å². The Labute approximate surface area is 143 Å². The van der Waals surface area contributed by atoms with E-state index in [0.29, 0.717) is 24.4 Å². The van der Waals surface area contributed by atoms with Crippen LogP contribution in [0.2, 0.25) is 5.02 Å². The number of nitrogens with one attached hydrogen (secondary N) is 1. The van der Waals surface area contributed by atoms with E-state index in [9.17, 15) is 9.90 Å². The van der Waals surface area contributed by atoms with Gasteiger partial charge in [0.1, 0.15) is 5.60 Å². The number of aryl methyl sites for hydroxylation is 2. The molecule has 0 saturated carbocycles. The number of aromatic nitrogens is 2. The molecule has 0 radical (unpaired) electrons. The zero-order chi connectivity index (χ0) is 17.8. The number of hydrogen-bond donors (Lipinski definition) is 2. The number of halogens is 1. The van der Waals surface area contributed by atoms with Crippen molar-refractivity contribution in [3.8, 4) is 0 Å². The number of carbonyl (C=O) groups is 1. The maximum absolute atomic E-state index is 11.9. The third-order valence-electron chi connectivity index (χ3n) is 3.90. The highest BCUT2D eigenvalue weighted by molar-refractivity contribution is 6.31. The van der Waals surface area contributed by atoms with Crippen molar-refractivity contribution in [1.29, 1.82) is 0 Å². The van der Waals surface area contributed by atoms with E-state index in [1.807, 2.05) is 41.7 Å². The van der Waals surface area contributed by atoms with E-state index in [4.69, 9.17) is 16.3 Å². The largest absolute Gasteiger partial charge is 0.444 e. The van der Waals surface area contributed by atoms with E-state index in [2.05, 4.69) is 10.4 Å². The minimum Gasteiger partial charge on any atom is -0.444 e. The third kappa shape index (κ3) is 5.39. The molecular formula is C16H28ClN3O3. The number of aliphatic hydroxyl groups excluding tert-OH is 1. The highest BCUT2D eigenvalue weighted by atomic mass is 35.5. The predicted molar refractivity (Wildman–Crippen MR) is 90.7 cm³/mol. The van der Waals surface area contributed by atoms with Crippen molar-refractivity contribution in [2.45, 2.75) is 53.1 Å². The molecule has 1 aromatic rings. The van der Waals surface area contributed by atoms with Crippen LogP contribution < -0.4 is 5.32 Å². The second-order valence-corrected chi connectivity index (χ2v) is 7.39. The first-order chi connectivity index (χ1) is 10.5. The lowest BCUT2D eigenvalue weighted by molar-refractivity contribution is 0.0459. The van der Waals surface area contributed by atoms with Crippen molar-refractivity contribution in [1.82, 2.24) is 15.1 Å². The zero-order valence-electron chi connectivity index (χ0n) is 14.9. The van der Waals surface area contributed by atoms with Crippen molar-refractivity contribution >= 4 is 17.7 Å². The lowest BCUT2D eigenvalue weighted by atomic mass is 9.81. The van der Waals surface area contributed by atoms with Gasteiger partial charge in [0.15, 0.2) is 0 Å². The van der Waals surface area contributed by atoms with Crippen molar-refractivity contribution in [3.05, 3.63) is 16.4 Å². The molecule has 0 aromatic carbocycles. The van der Waals surface area contributed by atoms with Crippen LogP contribution in [0.3, 0.4) is 0 Å². The Morgan fingerprint density at radius 3 is 2.43 bits per heavy atom. The minimum absolute atomic E-state index is 0.0696. The first-order valence-corrected chi connectivity index (χ1v) is 8.17. The lowest BCUT2D eigenvalue weighted by Crippen LogP contribution is -2.43. The summed E-state index contributed by atoms with van der Waals surface area (Å²) in [5.41, 5.74) is 0.541. The van der Waals surface area contributed by atoms with E-state index >= 15 is 0 Å². The molecule has 1 rings (SSSR count). The van der Waals surface area contributed by atoms with E-state index < -0.39 is 17.1 Å². The van der Waals surface area contributed by atoms with Crippen LogP contribution in [0.25, 0.3) is 0 Å². The van der Waals surface area contributed by atoms with Gasteiger partial charge in [-0.3, -0.25) is 4.68 Å². The molecule has 1 heterocycles. The van der Waals surface area contributed by atoms with Crippen LogP contribution in [0.1, 0.15) is 45.5 Å². The Morgan fingerprint density at radius 1 is 1.43 bits per heavy atom. The van der Waals surface area contributed by atoms with Crippen molar-refractivity contribution in [2.24, 2.45) is 12.5 Å². The summed E-state index contributed by atoms with van der Waals surface area (Å²) >= 11 is 6.31. The summed E-state index contributed by atoms with van der Waals surface area (Å²) in [4.78, 5) is 11.9. The number of amides is 1. The van der Waals surface area contributed by atoms with Crippen LogP contribution in [-0.2, 0) is 18.2 Å². The second-order valence-electron chi connectivity index (χ2n) is 7.01. The Kier molecular flexibility index (Phi) is 6.48. The molecule has 0 aliphatic carbocycles. The molecule has 0 saturated heterocycles. The summed E-state index contributed by atoms with van der Waals surface area (Å²) in [6.45, 7) is 9.48. The molecule has 2 N–H and O–H groups in total. The number of alkyl carbamates (subject to hydrolysis) is 1. The van der Waals surface area contributed by atoms with Crippen LogP contribution in [0.4, 0.5) is 4.79 Å². The van der Waals surface area contributed by atoms with E-state index in [0.717, 1.165) is 11.4 Å². The van der Waals surface area contributed by atoms with Crippen molar-refractivity contribution in [2.75, 3.05) is 13.2 Å². The number of ether oxygens (including phenoxy) is 1. The molecule has 0 spiro atoms. The van der Waals surface area contributed by atoms with Crippen LogP contribution >= 0.6 is 11.6 Å². The van der Waals surface area contributed by atoms with Gasteiger partial charge in [-0.05, 0) is 34.1 Å². The smallest absolute Gasteiger partial charge is 0.407 e. The van der Waals surface area contributed by atoms with Crippen LogP contribution in [0.15, 0.2) is 0 Å². The van der Waals surface area contributed by atoms with E-state index in [1.165, 1.54) is 0 Å². The molecule has 1 amide bonds. The molecule has 1 aromatic heterocycles. The Bertz CT molecular complexity index is 546. The molecule has 1 atom stereocenters. The number of nitrogens with zero attached hydrogens (tertiary/aromatic N) is 2. The predicted octanol–water partition coefficient (Wildman–Crippen LogP) is 2.84. The number of aliphatic hydroxyl groups is 1. The zero-order valence-corrected chi connectivity index (χ0v) is 15.6. The first kappa shape index (κ1) is 19.8. The molecule has 132 valence electrons. The summed E-state index contributed by atoms with van der Waals surface area (Å²) in [6, 6.07) is 0. The lowest BCUT2D eigenvalue weighted by Gasteiger charge is -2.31. The van der Waals surface area contributed by atoms with Crippen LogP contribution in [0, 0.1) is 12.3 Å². The van der Waals surface area contributed by atoms with Gasteiger partial charge in [0.05, 0.1) is 23.0 Å². The summed E-state index contributed by atoms with van der Waals surface area (Å²) in [5.74, 6) is 0. The number of rotatable bonds is 6. The number of carbonyl (C=O) groups excluding carboxylic acids is 1. The standard InChI is InChI=1S/C16H28ClN3O3/c1-7-16(10-21,9-18-14(22)23-15(3,4)5)8-12-13(17)11(2)19-20(12)6/h21H,7-10H2,1-6H3,(H,18,22). The van der Waals surface area contributed by atoms with Gasteiger partial charge in [0, 0.05) is 25.4 Å². The SMILES string of the molecule is CCC(CO)(CNC(=O)OC(C)(C)C)Cc1c(Cl)c(C)nn1C. The van der Waals surface area contributed by atoms with Gasteiger partial charge in [0.2, 0.25) is 0 Å². The fourth-order valence-electron chi connectivity index (χ4n) is 2.34. The van der Waals surface area contributed by atoms with Gasteiger partial charge in [-0.1, -0.05) is 18.5 Å². The molecular weight excluding hydrogens is 318 g/mol. The van der Waals surface area contributed by atoms with Crippen LogP contribution in [-0.4, -0.2) is 39.7 Å². The Morgan fingerprint density at radius 2 is 2.04 bits per heavy atom. The van der Waals surface area contributed by atoms with Gasteiger partial charge in [-0.15, -0.1) is 0 Å². The normalized spacial score (nSPS) is 14.4. The van der Waals surface area contributed by atoms with Gasteiger partial charge in [0.25, 0.3) is 0 Å². The fraction of sp³-hybridized carbons (Fsp3) is 0.750. The fourth-order valence-corrected chi connectivity index (χ4v) is 2.56. The summed E-state index contributed by atoms with van der Waals surface area (Å²) < 4.78 is 6.98. The molecule has 7 heteroatoms. The Balaban J connectivity index is 2.85. The molecule has 0 fully saturated rings.